The first-order valence-corrected chi connectivity index (χ1v) is 25.2. The zero-order valence-corrected chi connectivity index (χ0v) is 44.7. The SMILES string of the molecule is Cc1cc(-c2cc(-c3cc(-c4ccccc4)cc(-c4cc(-c5cc(C)c(C)c(C)c5)c(-c5cc(C)c(C)c(C)c5)c(-c5cc(C)c(C)c(C)c5)c4)c3)cc(C)c2-c2cc(C)c(C)c(C)c2)cc(C)c1C. The van der Waals surface area contributed by atoms with Crippen molar-refractivity contribution in [3.63, 3.8) is 0 Å². The second-order valence-electron chi connectivity index (χ2n) is 21.0. The zero-order chi connectivity index (χ0) is 50.0. The average molecular weight is 911 g/mol. The van der Waals surface area contributed by atoms with Crippen LogP contribution >= 0.6 is 0 Å². The molecule has 350 valence electrons. The van der Waals surface area contributed by atoms with Crippen molar-refractivity contribution in [2.75, 3.05) is 0 Å². The summed E-state index contributed by atoms with van der Waals surface area (Å²) in [4.78, 5) is 0. The summed E-state index contributed by atoms with van der Waals surface area (Å²) < 4.78 is 0. The van der Waals surface area contributed by atoms with Crippen molar-refractivity contribution in [1.82, 2.24) is 0 Å². The maximum atomic E-state index is 2.49. The molecule has 0 aromatic heterocycles. The van der Waals surface area contributed by atoms with Crippen LogP contribution in [0, 0.1) is 111 Å². The third-order valence-corrected chi connectivity index (χ3v) is 16.3. The van der Waals surface area contributed by atoms with E-state index in [4.69, 9.17) is 0 Å². The molecule has 0 heterocycles. The van der Waals surface area contributed by atoms with E-state index in [0.29, 0.717) is 0 Å². The summed E-state index contributed by atoms with van der Waals surface area (Å²) in [5.41, 5.74) is 41.0. The first kappa shape index (κ1) is 48.0. The molecule has 0 heteroatoms. The van der Waals surface area contributed by atoms with Gasteiger partial charge >= 0.3 is 0 Å². The smallest absolute Gasteiger partial charge is 0.00262 e. The van der Waals surface area contributed by atoms with Gasteiger partial charge in [0.15, 0.2) is 0 Å². The van der Waals surface area contributed by atoms with Gasteiger partial charge in [0.25, 0.3) is 0 Å². The molecule has 0 atom stereocenters. The van der Waals surface area contributed by atoms with Crippen LogP contribution in [0.15, 0.2) is 133 Å². The third kappa shape index (κ3) is 8.90. The Morgan fingerprint density at radius 1 is 0.171 bits per heavy atom. The number of benzene rings is 9. The summed E-state index contributed by atoms with van der Waals surface area (Å²) in [6.07, 6.45) is 0. The Kier molecular flexibility index (Phi) is 12.8. The largest absolute Gasteiger partial charge is 0.0622 e. The lowest BCUT2D eigenvalue weighted by Crippen LogP contribution is -1.98. The van der Waals surface area contributed by atoms with Crippen molar-refractivity contribution in [1.29, 1.82) is 0 Å². The Labute approximate surface area is 420 Å². The first-order valence-electron chi connectivity index (χ1n) is 25.2. The van der Waals surface area contributed by atoms with E-state index in [0.717, 1.165) is 0 Å². The van der Waals surface area contributed by atoms with Crippen LogP contribution in [0.1, 0.15) is 89.0 Å². The monoisotopic (exact) mass is 911 g/mol. The predicted octanol–water partition coefficient (Wildman–Crippen LogP) is 20.0. The van der Waals surface area contributed by atoms with E-state index in [1.165, 1.54) is 178 Å². The minimum atomic E-state index is 1.19. The van der Waals surface area contributed by atoms with Gasteiger partial charge in [-0.1, -0.05) is 97.1 Å². The highest BCUT2D eigenvalue weighted by Gasteiger charge is 2.22. The lowest BCUT2D eigenvalue weighted by Gasteiger charge is -2.23. The van der Waals surface area contributed by atoms with Crippen LogP contribution < -0.4 is 0 Å². The van der Waals surface area contributed by atoms with E-state index in [1.807, 2.05) is 0 Å². The molecule has 0 bridgehead atoms. The van der Waals surface area contributed by atoms with Gasteiger partial charge in [-0.3, -0.25) is 0 Å². The van der Waals surface area contributed by atoms with Gasteiger partial charge in [-0.25, -0.2) is 0 Å². The molecular weight excluding hydrogens is 841 g/mol. The topological polar surface area (TPSA) is 0 Å². The van der Waals surface area contributed by atoms with Gasteiger partial charge in [-0.2, -0.15) is 0 Å². The van der Waals surface area contributed by atoms with Crippen molar-refractivity contribution in [3.05, 3.63) is 222 Å². The van der Waals surface area contributed by atoms with E-state index in [9.17, 15) is 0 Å². The number of rotatable bonds is 8. The summed E-state index contributed by atoms with van der Waals surface area (Å²) in [5.74, 6) is 0. The molecule has 9 aromatic rings. The molecule has 0 aliphatic heterocycles. The van der Waals surface area contributed by atoms with Gasteiger partial charge in [0.05, 0.1) is 0 Å². The van der Waals surface area contributed by atoms with Crippen LogP contribution in [0.5, 0.6) is 0 Å². The predicted molar refractivity (Wildman–Crippen MR) is 306 cm³/mol. The molecule has 70 heavy (non-hydrogen) atoms. The Balaban J connectivity index is 1.39. The molecular formula is C70H70. The molecule has 0 radical (unpaired) electrons. The van der Waals surface area contributed by atoms with Crippen LogP contribution in [-0.2, 0) is 0 Å². The first-order chi connectivity index (χ1) is 33.3. The highest BCUT2D eigenvalue weighted by Crippen LogP contribution is 2.47. The van der Waals surface area contributed by atoms with Crippen molar-refractivity contribution in [2.45, 2.75) is 111 Å². The molecule has 0 amide bonds. The Morgan fingerprint density at radius 3 is 0.729 bits per heavy atom. The summed E-state index contributed by atoms with van der Waals surface area (Å²) in [5, 5.41) is 0. The second kappa shape index (κ2) is 18.7. The standard InChI is InChI=1S/C70H70/c1-39-22-61(23-40(2)50(39)12)66-36-56(32-49(11)69(66)64-28-45(7)53(15)46(8)29-64)58-33-57(55-20-18-17-19-21-55)34-59(35-58)60-37-67(62-24-41(3)51(13)42(4)25-62)70(65-30-47(9)54(16)48(10)31-65)68(38-60)63-26-43(5)52(14)44(6)27-63/h17-38H,1-16H3. The number of hydrogen-bond acceptors (Lipinski definition) is 0. The van der Waals surface area contributed by atoms with Crippen molar-refractivity contribution >= 4 is 0 Å². The fraction of sp³-hybridized carbons (Fsp3) is 0.229. The van der Waals surface area contributed by atoms with Gasteiger partial charge in [0.1, 0.15) is 0 Å². The fourth-order valence-electron chi connectivity index (χ4n) is 10.8. The Bertz CT molecular complexity index is 3370. The van der Waals surface area contributed by atoms with Crippen LogP contribution in [0.4, 0.5) is 0 Å². The van der Waals surface area contributed by atoms with Crippen LogP contribution in [-0.4, -0.2) is 0 Å². The lowest BCUT2D eigenvalue weighted by atomic mass is 9.81. The second-order valence-corrected chi connectivity index (χ2v) is 21.0. The summed E-state index contributed by atoms with van der Waals surface area (Å²) in [7, 11) is 0. The van der Waals surface area contributed by atoms with E-state index >= 15 is 0 Å². The maximum Gasteiger partial charge on any atom is -0.00262 e. The lowest BCUT2D eigenvalue weighted by molar-refractivity contribution is 1.26. The van der Waals surface area contributed by atoms with E-state index < -0.39 is 0 Å². The van der Waals surface area contributed by atoms with Gasteiger partial charge in [-0.15, -0.1) is 0 Å². The van der Waals surface area contributed by atoms with Crippen LogP contribution in [0.2, 0.25) is 0 Å². The highest BCUT2D eigenvalue weighted by molar-refractivity contribution is 5.99. The fourth-order valence-corrected chi connectivity index (χ4v) is 10.8. The minimum absolute atomic E-state index is 1.19. The molecule has 0 fully saturated rings. The molecule has 0 unspecified atom stereocenters. The van der Waals surface area contributed by atoms with Gasteiger partial charge in [0.2, 0.25) is 0 Å². The Morgan fingerprint density at radius 2 is 0.400 bits per heavy atom. The summed E-state index contributed by atoms with van der Waals surface area (Å²) in [6.45, 7) is 36.2. The van der Waals surface area contributed by atoms with E-state index in [1.54, 1.807) is 0 Å². The molecule has 0 saturated carbocycles. The van der Waals surface area contributed by atoms with Crippen LogP contribution in [0.3, 0.4) is 0 Å². The maximum absolute atomic E-state index is 2.49. The molecule has 0 aliphatic carbocycles. The van der Waals surface area contributed by atoms with Crippen molar-refractivity contribution in [2.24, 2.45) is 0 Å². The van der Waals surface area contributed by atoms with Crippen molar-refractivity contribution < 1.29 is 0 Å². The highest BCUT2D eigenvalue weighted by atomic mass is 14.3. The quantitative estimate of drug-likeness (QED) is 0.142. The number of hydrogen-bond donors (Lipinski definition) is 0. The zero-order valence-electron chi connectivity index (χ0n) is 44.7. The summed E-state index contributed by atoms with van der Waals surface area (Å²) in [6, 6.07) is 52.2. The normalized spacial score (nSPS) is 11.4. The molecule has 9 aromatic carbocycles. The van der Waals surface area contributed by atoms with E-state index in [2.05, 4.69) is 244 Å². The van der Waals surface area contributed by atoms with Gasteiger partial charge in [-0.05, 0) is 325 Å². The molecule has 0 aliphatic rings. The molecule has 0 saturated heterocycles. The van der Waals surface area contributed by atoms with Gasteiger partial charge < -0.3 is 0 Å². The molecule has 9 rings (SSSR count). The summed E-state index contributed by atoms with van der Waals surface area (Å²) >= 11 is 0. The minimum Gasteiger partial charge on any atom is -0.0622 e. The molecule has 0 nitrogen and oxygen atoms in total. The van der Waals surface area contributed by atoms with E-state index in [-0.39, 0.29) is 0 Å². The van der Waals surface area contributed by atoms with Gasteiger partial charge in [0, 0.05) is 0 Å². The number of aryl methyl sites for hydroxylation is 11. The third-order valence-electron chi connectivity index (χ3n) is 16.3. The molecule has 0 N–H and O–H groups in total. The van der Waals surface area contributed by atoms with Crippen LogP contribution in [0.25, 0.3) is 89.0 Å². The van der Waals surface area contributed by atoms with Crippen molar-refractivity contribution in [3.8, 4) is 89.0 Å². The average Bonchev–Trinajstić information content (AvgIpc) is 3.33. The Hall–Kier alpha value is -7.02. The molecule has 0 spiro atoms.